The van der Waals surface area contributed by atoms with Crippen LogP contribution in [0, 0.1) is 0 Å². The van der Waals surface area contributed by atoms with Gasteiger partial charge in [-0.05, 0) is 18.6 Å². The smallest absolute Gasteiger partial charge is 0.169 e. The number of furan rings is 1. The summed E-state index contributed by atoms with van der Waals surface area (Å²) in [7, 11) is 0. The first-order valence-corrected chi connectivity index (χ1v) is 5.10. The van der Waals surface area contributed by atoms with Gasteiger partial charge in [0.1, 0.15) is 5.58 Å². The van der Waals surface area contributed by atoms with Crippen LogP contribution in [-0.2, 0) is 0 Å². The molecule has 2 rings (SSSR count). The minimum atomic E-state index is 0.480. The van der Waals surface area contributed by atoms with E-state index in [-0.39, 0.29) is 0 Å². The average molecular weight is 202 g/mol. The van der Waals surface area contributed by atoms with Crippen molar-refractivity contribution in [1.29, 1.82) is 0 Å². The van der Waals surface area contributed by atoms with E-state index in [2.05, 4.69) is 11.9 Å². The lowest BCUT2D eigenvalue weighted by Crippen LogP contribution is -2.12. The van der Waals surface area contributed by atoms with Gasteiger partial charge in [0.05, 0.1) is 0 Å². The molecule has 0 spiro atoms. The van der Waals surface area contributed by atoms with Crippen LogP contribution in [0.1, 0.15) is 19.1 Å². The molecule has 0 aliphatic rings. The fourth-order valence-electron chi connectivity index (χ4n) is 1.42. The maximum Gasteiger partial charge on any atom is 0.169 e. The van der Waals surface area contributed by atoms with E-state index in [1.54, 1.807) is 0 Å². The van der Waals surface area contributed by atoms with E-state index in [9.17, 15) is 0 Å². The second kappa shape index (κ2) is 4.17. The Bertz CT molecular complexity index is 452. The molecular formula is C12H14N2O. The van der Waals surface area contributed by atoms with Crippen molar-refractivity contribution in [1.82, 2.24) is 0 Å². The van der Waals surface area contributed by atoms with Gasteiger partial charge in [-0.25, -0.2) is 0 Å². The summed E-state index contributed by atoms with van der Waals surface area (Å²) >= 11 is 0. The summed E-state index contributed by atoms with van der Waals surface area (Å²) in [5.74, 6) is 1.14. The van der Waals surface area contributed by atoms with Crippen LogP contribution in [0.3, 0.4) is 0 Å². The molecule has 1 heterocycles. The van der Waals surface area contributed by atoms with Crippen molar-refractivity contribution < 1.29 is 4.42 Å². The molecule has 3 heteroatoms. The molecule has 3 nitrogen and oxygen atoms in total. The Morgan fingerprint density at radius 3 is 2.93 bits per heavy atom. The first kappa shape index (κ1) is 9.77. The van der Waals surface area contributed by atoms with Gasteiger partial charge in [-0.3, -0.25) is 4.99 Å². The SMILES string of the molecule is CCCN=C(N)c1cc2ccccc2o1. The lowest BCUT2D eigenvalue weighted by atomic mass is 10.2. The Hall–Kier alpha value is -1.77. The average Bonchev–Trinajstić information content (AvgIpc) is 2.69. The quantitative estimate of drug-likeness (QED) is 0.614. The van der Waals surface area contributed by atoms with Crippen molar-refractivity contribution in [2.45, 2.75) is 13.3 Å². The molecule has 0 radical (unpaired) electrons. The van der Waals surface area contributed by atoms with Gasteiger partial charge in [-0.1, -0.05) is 25.1 Å². The monoisotopic (exact) mass is 202 g/mol. The third-order valence-electron chi connectivity index (χ3n) is 2.18. The fourth-order valence-corrected chi connectivity index (χ4v) is 1.42. The van der Waals surface area contributed by atoms with Crippen LogP contribution in [0.2, 0.25) is 0 Å². The first-order valence-electron chi connectivity index (χ1n) is 5.10. The molecule has 0 saturated carbocycles. The van der Waals surface area contributed by atoms with E-state index < -0.39 is 0 Å². The highest BCUT2D eigenvalue weighted by atomic mass is 16.3. The molecule has 0 fully saturated rings. The summed E-state index contributed by atoms with van der Waals surface area (Å²) in [6, 6.07) is 9.75. The minimum Gasteiger partial charge on any atom is -0.453 e. The van der Waals surface area contributed by atoms with Crippen LogP contribution in [0.5, 0.6) is 0 Å². The van der Waals surface area contributed by atoms with Crippen LogP contribution in [0.25, 0.3) is 11.0 Å². The standard InChI is InChI=1S/C12H14N2O/c1-2-7-14-12(13)11-8-9-5-3-4-6-10(9)15-11/h3-6,8H,2,7H2,1H3,(H2,13,14). The number of para-hydroxylation sites is 1. The van der Waals surface area contributed by atoms with Crippen molar-refractivity contribution in [2.24, 2.45) is 10.7 Å². The predicted molar refractivity (Wildman–Crippen MR) is 62.1 cm³/mol. The molecular weight excluding hydrogens is 188 g/mol. The zero-order chi connectivity index (χ0) is 10.7. The van der Waals surface area contributed by atoms with Crippen molar-refractivity contribution in [3.63, 3.8) is 0 Å². The molecule has 0 aliphatic carbocycles. The lowest BCUT2D eigenvalue weighted by Gasteiger charge is -1.94. The van der Waals surface area contributed by atoms with Crippen LogP contribution in [0.4, 0.5) is 0 Å². The molecule has 2 aromatic rings. The molecule has 78 valence electrons. The van der Waals surface area contributed by atoms with Gasteiger partial charge in [0.15, 0.2) is 11.6 Å². The van der Waals surface area contributed by atoms with E-state index in [0.29, 0.717) is 11.6 Å². The Morgan fingerprint density at radius 1 is 1.40 bits per heavy atom. The zero-order valence-corrected chi connectivity index (χ0v) is 8.73. The molecule has 15 heavy (non-hydrogen) atoms. The Labute approximate surface area is 88.6 Å². The van der Waals surface area contributed by atoms with E-state index >= 15 is 0 Å². The van der Waals surface area contributed by atoms with E-state index in [1.807, 2.05) is 30.3 Å². The summed E-state index contributed by atoms with van der Waals surface area (Å²) in [5.41, 5.74) is 6.65. The number of nitrogens with zero attached hydrogens (tertiary/aromatic N) is 1. The molecule has 0 amide bonds. The Balaban J connectivity index is 2.36. The number of aliphatic imine (C=N–C) groups is 1. The molecule has 0 atom stereocenters. The zero-order valence-electron chi connectivity index (χ0n) is 8.73. The summed E-state index contributed by atoms with van der Waals surface area (Å²) in [5, 5.41) is 1.06. The van der Waals surface area contributed by atoms with Crippen molar-refractivity contribution in [3.05, 3.63) is 36.1 Å². The third kappa shape index (κ3) is 2.01. The van der Waals surface area contributed by atoms with Crippen LogP contribution < -0.4 is 5.73 Å². The molecule has 0 unspecified atom stereocenters. The van der Waals surface area contributed by atoms with Crippen molar-refractivity contribution >= 4 is 16.8 Å². The number of hydrogen-bond acceptors (Lipinski definition) is 2. The number of nitrogens with two attached hydrogens (primary N) is 1. The van der Waals surface area contributed by atoms with Gasteiger partial charge >= 0.3 is 0 Å². The second-order valence-corrected chi connectivity index (χ2v) is 3.42. The normalized spacial score (nSPS) is 12.2. The van der Waals surface area contributed by atoms with Gasteiger partial charge < -0.3 is 10.2 Å². The van der Waals surface area contributed by atoms with E-state index in [0.717, 1.165) is 23.9 Å². The summed E-state index contributed by atoms with van der Waals surface area (Å²) in [6.45, 7) is 2.80. The topological polar surface area (TPSA) is 51.5 Å². The van der Waals surface area contributed by atoms with Crippen LogP contribution >= 0.6 is 0 Å². The first-order chi connectivity index (χ1) is 7.31. The largest absolute Gasteiger partial charge is 0.453 e. The number of fused-ring (bicyclic) bond motifs is 1. The maximum absolute atomic E-state index is 5.80. The molecule has 0 bridgehead atoms. The number of hydrogen-bond donors (Lipinski definition) is 1. The van der Waals surface area contributed by atoms with Gasteiger partial charge in [-0.15, -0.1) is 0 Å². The highest BCUT2D eigenvalue weighted by molar-refractivity contribution is 5.98. The number of benzene rings is 1. The molecule has 2 N–H and O–H groups in total. The highest BCUT2D eigenvalue weighted by Gasteiger charge is 2.05. The minimum absolute atomic E-state index is 0.480. The van der Waals surface area contributed by atoms with Gasteiger partial charge in [-0.2, -0.15) is 0 Å². The maximum atomic E-state index is 5.80. The van der Waals surface area contributed by atoms with Crippen LogP contribution in [0.15, 0.2) is 39.7 Å². The van der Waals surface area contributed by atoms with Crippen LogP contribution in [-0.4, -0.2) is 12.4 Å². The second-order valence-electron chi connectivity index (χ2n) is 3.42. The van der Waals surface area contributed by atoms with Gasteiger partial charge in [0.25, 0.3) is 0 Å². The molecule has 0 saturated heterocycles. The Morgan fingerprint density at radius 2 is 2.20 bits per heavy atom. The van der Waals surface area contributed by atoms with Gasteiger partial charge in [0, 0.05) is 11.9 Å². The summed E-state index contributed by atoms with van der Waals surface area (Å²) in [4.78, 5) is 4.21. The summed E-state index contributed by atoms with van der Waals surface area (Å²) < 4.78 is 5.57. The molecule has 1 aromatic carbocycles. The molecule has 0 aliphatic heterocycles. The third-order valence-corrected chi connectivity index (χ3v) is 2.18. The summed E-state index contributed by atoms with van der Waals surface area (Å²) in [6.07, 6.45) is 0.987. The number of amidine groups is 1. The number of rotatable bonds is 3. The molecule has 1 aromatic heterocycles. The van der Waals surface area contributed by atoms with Crippen molar-refractivity contribution in [2.75, 3.05) is 6.54 Å². The van der Waals surface area contributed by atoms with Crippen molar-refractivity contribution in [3.8, 4) is 0 Å². The van der Waals surface area contributed by atoms with Gasteiger partial charge in [0.2, 0.25) is 0 Å². The van der Waals surface area contributed by atoms with E-state index in [4.69, 9.17) is 10.2 Å². The highest BCUT2D eigenvalue weighted by Crippen LogP contribution is 2.18. The Kier molecular flexibility index (Phi) is 2.72. The predicted octanol–water partition coefficient (Wildman–Crippen LogP) is 2.55. The lowest BCUT2D eigenvalue weighted by molar-refractivity contribution is 0.603. The van der Waals surface area contributed by atoms with E-state index in [1.165, 1.54) is 0 Å². The fraction of sp³-hybridized carbons (Fsp3) is 0.250.